The highest BCUT2D eigenvalue weighted by atomic mass is 79.9. The normalized spacial score (nSPS) is 8.53. The molecule has 0 unspecified atom stereocenters. The third-order valence-electron chi connectivity index (χ3n) is 1.57. The first-order chi connectivity index (χ1) is 7.13. The number of anilines is 1. The van der Waals surface area contributed by atoms with Crippen molar-refractivity contribution in [1.82, 2.24) is 0 Å². The number of aliphatic hydroxyl groups is 1. The Labute approximate surface area is 97.9 Å². The van der Waals surface area contributed by atoms with Crippen LogP contribution < -0.4 is 5.32 Å². The van der Waals surface area contributed by atoms with Gasteiger partial charge in [-0.3, -0.25) is 4.79 Å². The lowest BCUT2D eigenvalue weighted by molar-refractivity contribution is -0.111. The summed E-state index contributed by atoms with van der Waals surface area (Å²) in [7, 11) is 1.00. The summed E-state index contributed by atoms with van der Waals surface area (Å²) in [5, 5.41) is 9.70. The van der Waals surface area contributed by atoms with Gasteiger partial charge in [-0.2, -0.15) is 0 Å². The molecule has 1 rings (SSSR count). The molecule has 1 aromatic rings. The first-order valence-corrected chi connectivity index (χ1v) is 5.07. The van der Waals surface area contributed by atoms with E-state index in [1.54, 1.807) is 0 Å². The summed E-state index contributed by atoms with van der Waals surface area (Å²) in [6, 6.07) is 5.76. The molecule has 0 fully saturated rings. The van der Waals surface area contributed by atoms with Gasteiger partial charge in [0.15, 0.2) is 0 Å². The van der Waals surface area contributed by atoms with Crippen LogP contribution in [0.1, 0.15) is 5.56 Å². The zero-order valence-corrected chi connectivity index (χ0v) is 10.3. The van der Waals surface area contributed by atoms with E-state index >= 15 is 0 Å². The monoisotopic (exact) mass is 271 g/mol. The van der Waals surface area contributed by atoms with Gasteiger partial charge in [0.2, 0.25) is 5.91 Å². The molecule has 0 radical (unpaired) electrons. The highest BCUT2D eigenvalue weighted by Crippen LogP contribution is 2.23. The van der Waals surface area contributed by atoms with Gasteiger partial charge in [0.25, 0.3) is 0 Å². The number of hydrogen-bond donors (Lipinski definition) is 2. The zero-order chi connectivity index (χ0) is 11.8. The Morgan fingerprint density at radius 3 is 2.67 bits per heavy atom. The second-order valence-corrected chi connectivity index (χ2v) is 3.53. The maximum Gasteiger partial charge on any atom is 0.247 e. The Bertz CT molecular complexity index is 350. The summed E-state index contributed by atoms with van der Waals surface area (Å²) in [4.78, 5) is 11.0. The first-order valence-electron chi connectivity index (χ1n) is 4.28. The summed E-state index contributed by atoms with van der Waals surface area (Å²) < 4.78 is 0.869. The molecule has 0 saturated heterocycles. The quantitative estimate of drug-likeness (QED) is 0.812. The van der Waals surface area contributed by atoms with Gasteiger partial charge in [-0.1, -0.05) is 12.6 Å². The molecule has 0 spiro atoms. The van der Waals surface area contributed by atoms with E-state index in [4.69, 9.17) is 5.11 Å². The van der Waals surface area contributed by atoms with Gasteiger partial charge < -0.3 is 10.4 Å². The van der Waals surface area contributed by atoms with Gasteiger partial charge in [-0.15, -0.1) is 0 Å². The van der Waals surface area contributed by atoms with E-state index in [-0.39, 0.29) is 5.91 Å². The maximum atomic E-state index is 11.0. The number of hydrogen-bond acceptors (Lipinski definition) is 2. The number of rotatable bonds is 2. The molecule has 0 aliphatic heterocycles. The first kappa shape index (κ1) is 13.9. The number of nitrogens with one attached hydrogen (secondary N) is 1. The number of carbonyl (C=O) groups excluding carboxylic acids is 1. The molecule has 2 N–H and O–H groups in total. The minimum Gasteiger partial charge on any atom is -0.400 e. The van der Waals surface area contributed by atoms with Crippen molar-refractivity contribution >= 4 is 27.5 Å². The minimum atomic E-state index is -0.202. The van der Waals surface area contributed by atoms with Crippen LogP contribution in [0.15, 0.2) is 35.3 Å². The van der Waals surface area contributed by atoms with Crippen LogP contribution in [0, 0.1) is 6.92 Å². The van der Waals surface area contributed by atoms with E-state index in [0.29, 0.717) is 0 Å². The van der Waals surface area contributed by atoms with Crippen LogP contribution in [-0.4, -0.2) is 18.1 Å². The molecule has 3 nitrogen and oxygen atoms in total. The Morgan fingerprint density at radius 1 is 1.53 bits per heavy atom. The van der Waals surface area contributed by atoms with Crippen LogP contribution in [0.2, 0.25) is 0 Å². The summed E-state index contributed by atoms with van der Waals surface area (Å²) >= 11 is 3.34. The molecular formula is C11H14BrNO2. The predicted molar refractivity (Wildman–Crippen MR) is 65.8 cm³/mol. The van der Waals surface area contributed by atoms with Crippen LogP contribution in [0.5, 0.6) is 0 Å². The standard InChI is InChI=1S/C10H10BrNO.CH4O/c1-3-10(13)12-9-6-7(2)4-5-8(9)11;1-2/h3-6H,1H2,2H3,(H,12,13);2H,1H3. The van der Waals surface area contributed by atoms with E-state index in [1.165, 1.54) is 6.08 Å². The van der Waals surface area contributed by atoms with Crippen LogP contribution in [0.3, 0.4) is 0 Å². The van der Waals surface area contributed by atoms with Gasteiger partial charge >= 0.3 is 0 Å². The molecule has 1 amide bonds. The van der Waals surface area contributed by atoms with Crippen molar-refractivity contribution < 1.29 is 9.90 Å². The van der Waals surface area contributed by atoms with Crippen molar-refractivity contribution in [3.8, 4) is 0 Å². The molecule has 15 heavy (non-hydrogen) atoms. The van der Waals surface area contributed by atoms with Crippen molar-refractivity contribution in [3.63, 3.8) is 0 Å². The van der Waals surface area contributed by atoms with Gasteiger partial charge in [0, 0.05) is 11.6 Å². The number of benzene rings is 1. The number of aliphatic hydroxyl groups excluding tert-OH is 1. The van der Waals surface area contributed by atoms with Crippen molar-refractivity contribution in [2.45, 2.75) is 6.92 Å². The smallest absolute Gasteiger partial charge is 0.247 e. The topological polar surface area (TPSA) is 49.3 Å². The Hall–Kier alpha value is -1.13. The zero-order valence-electron chi connectivity index (χ0n) is 8.75. The third-order valence-corrected chi connectivity index (χ3v) is 2.26. The fraction of sp³-hybridized carbons (Fsp3) is 0.182. The van der Waals surface area contributed by atoms with Crippen molar-refractivity contribution in [2.24, 2.45) is 0 Å². The molecular weight excluding hydrogens is 258 g/mol. The fourth-order valence-electron chi connectivity index (χ4n) is 0.919. The molecule has 0 bridgehead atoms. The number of halogens is 1. The van der Waals surface area contributed by atoms with Crippen molar-refractivity contribution in [2.75, 3.05) is 12.4 Å². The van der Waals surface area contributed by atoms with Crippen molar-refractivity contribution in [1.29, 1.82) is 0 Å². The average molecular weight is 272 g/mol. The van der Waals surface area contributed by atoms with Crippen LogP contribution in [-0.2, 0) is 4.79 Å². The highest BCUT2D eigenvalue weighted by molar-refractivity contribution is 9.10. The van der Waals surface area contributed by atoms with E-state index in [9.17, 15) is 4.79 Å². The van der Waals surface area contributed by atoms with E-state index < -0.39 is 0 Å². The molecule has 82 valence electrons. The minimum absolute atomic E-state index is 0.202. The lowest BCUT2D eigenvalue weighted by Crippen LogP contribution is -2.07. The Balaban J connectivity index is 0.000000921. The van der Waals surface area contributed by atoms with E-state index in [1.807, 2.05) is 25.1 Å². The highest BCUT2D eigenvalue weighted by Gasteiger charge is 2.01. The number of aryl methyl sites for hydroxylation is 1. The third kappa shape index (κ3) is 4.76. The Morgan fingerprint density at radius 2 is 2.13 bits per heavy atom. The van der Waals surface area contributed by atoms with Crippen LogP contribution in [0.25, 0.3) is 0 Å². The second kappa shape index (κ2) is 7.20. The summed E-state index contributed by atoms with van der Waals surface area (Å²) in [6.45, 7) is 5.35. The molecule has 0 aliphatic carbocycles. The molecule has 0 aromatic heterocycles. The van der Waals surface area contributed by atoms with Gasteiger partial charge in [-0.05, 0) is 46.6 Å². The lowest BCUT2D eigenvalue weighted by Gasteiger charge is -2.05. The van der Waals surface area contributed by atoms with Crippen LogP contribution in [0.4, 0.5) is 5.69 Å². The summed E-state index contributed by atoms with van der Waals surface area (Å²) in [5.41, 5.74) is 1.87. The molecule has 0 aliphatic rings. The summed E-state index contributed by atoms with van der Waals surface area (Å²) in [6.07, 6.45) is 1.24. The van der Waals surface area contributed by atoms with Crippen LogP contribution >= 0.6 is 15.9 Å². The fourth-order valence-corrected chi connectivity index (χ4v) is 1.26. The maximum absolute atomic E-state index is 11.0. The molecule has 0 saturated carbocycles. The molecule has 0 heterocycles. The largest absolute Gasteiger partial charge is 0.400 e. The van der Waals surface area contributed by atoms with Gasteiger partial charge in [-0.25, -0.2) is 0 Å². The Kier molecular flexibility index (Phi) is 6.66. The van der Waals surface area contributed by atoms with Crippen molar-refractivity contribution in [3.05, 3.63) is 40.9 Å². The average Bonchev–Trinajstić information content (AvgIpc) is 2.26. The van der Waals surface area contributed by atoms with Gasteiger partial charge in [0.1, 0.15) is 0 Å². The second-order valence-electron chi connectivity index (χ2n) is 2.68. The van der Waals surface area contributed by atoms with E-state index in [0.717, 1.165) is 22.8 Å². The molecule has 1 aromatic carbocycles. The number of carbonyl (C=O) groups is 1. The number of amides is 1. The van der Waals surface area contributed by atoms with E-state index in [2.05, 4.69) is 27.8 Å². The SMILES string of the molecule is C=CC(=O)Nc1cc(C)ccc1Br.CO. The lowest BCUT2D eigenvalue weighted by atomic mass is 10.2. The van der Waals surface area contributed by atoms with Gasteiger partial charge in [0.05, 0.1) is 5.69 Å². The molecule has 0 atom stereocenters. The summed E-state index contributed by atoms with van der Waals surface area (Å²) in [5.74, 6) is -0.202. The predicted octanol–water partition coefficient (Wildman–Crippen LogP) is 2.49. The molecule has 4 heteroatoms.